The molecule has 0 amide bonds. The van der Waals surface area contributed by atoms with Gasteiger partial charge in [-0.05, 0) is 44.1 Å². The molecular formula is C17H22N4OS2. The fraction of sp³-hybridized carbons (Fsp3) is 0.412. The molecule has 24 heavy (non-hydrogen) atoms. The summed E-state index contributed by atoms with van der Waals surface area (Å²) in [5.41, 5.74) is 2.23. The summed E-state index contributed by atoms with van der Waals surface area (Å²) in [5.74, 6) is 2.70. The second-order valence-corrected chi connectivity index (χ2v) is 7.40. The Kier molecular flexibility index (Phi) is 7.50. The average molecular weight is 363 g/mol. The van der Waals surface area contributed by atoms with Crippen molar-refractivity contribution >= 4 is 39.7 Å². The SMILES string of the molecule is CSC(=NCCSCc1cc2cc(CN(C)C)ccc2o1)NC#N. The predicted molar refractivity (Wildman–Crippen MR) is 104 cm³/mol. The number of rotatable bonds is 7. The summed E-state index contributed by atoms with van der Waals surface area (Å²) in [6, 6.07) is 8.47. The van der Waals surface area contributed by atoms with E-state index in [0.717, 1.165) is 34.8 Å². The van der Waals surface area contributed by atoms with Gasteiger partial charge in [-0.2, -0.15) is 17.0 Å². The molecule has 0 bridgehead atoms. The summed E-state index contributed by atoms with van der Waals surface area (Å²) in [6.45, 7) is 1.61. The Labute approximate surface area is 151 Å². The molecule has 1 N–H and O–H groups in total. The maximum atomic E-state index is 8.58. The first-order chi connectivity index (χ1) is 11.6. The number of aliphatic imine (C=N–C) groups is 1. The number of furan rings is 1. The number of thioether (sulfide) groups is 2. The Morgan fingerprint density at radius 2 is 2.21 bits per heavy atom. The van der Waals surface area contributed by atoms with Gasteiger partial charge in [-0.15, -0.1) is 0 Å². The monoisotopic (exact) mass is 362 g/mol. The summed E-state index contributed by atoms with van der Waals surface area (Å²) < 4.78 is 5.89. The van der Waals surface area contributed by atoms with Gasteiger partial charge in [0.15, 0.2) is 11.4 Å². The third-order valence-corrected chi connectivity index (χ3v) is 4.80. The number of fused-ring (bicyclic) bond motifs is 1. The molecule has 5 nitrogen and oxygen atoms in total. The summed E-state index contributed by atoms with van der Waals surface area (Å²) in [5, 5.41) is 13.0. The molecule has 1 aromatic carbocycles. The van der Waals surface area contributed by atoms with E-state index in [0.29, 0.717) is 11.7 Å². The molecular weight excluding hydrogens is 340 g/mol. The van der Waals surface area contributed by atoms with E-state index in [2.05, 4.69) is 47.5 Å². The zero-order valence-electron chi connectivity index (χ0n) is 14.2. The highest BCUT2D eigenvalue weighted by Gasteiger charge is 2.05. The van der Waals surface area contributed by atoms with Gasteiger partial charge in [0.1, 0.15) is 11.3 Å². The largest absolute Gasteiger partial charge is 0.460 e. The lowest BCUT2D eigenvalue weighted by atomic mass is 10.1. The van der Waals surface area contributed by atoms with Crippen molar-refractivity contribution < 1.29 is 4.42 Å². The molecule has 0 spiro atoms. The standard InChI is InChI=1S/C17H22N4OS2/c1-21(2)10-13-4-5-16-14(8-13)9-15(22-16)11-24-7-6-19-17(23-3)20-12-18/h4-5,8-9H,6-7,10-11H2,1-3H3,(H,19,20). The van der Waals surface area contributed by atoms with Gasteiger partial charge in [0.2, 0.25) is 0 Å². The van der Waals surface area contributed by atoms with Crippen LogP contribution in [0.2, 0.25) is 0 Å². The fourth-order valence-corrected chi connectivity index (χ4v) is 3.35. The van der Waals surface area contributed by atoms with Crippen molar-refractivity contribution in [1.29, 1.82) is 5.26 Å². The number of hydrogen-bond donors (Lipinski definition) is 1. The van der Waals surface area contributed by atoms with E-state index in [-0.39, 0.29) is 0 Å². The van der Waals surface area contributed by atoms with Crippen LogP contribution in [0, 0.1) is 11.5 Å². The average Bonchev–Trinajstić information content (AvgIpc) is 2.95. The molecule has 0 aliphatic carbocycles. The van der Waals surface area contributed by atoms with Gasteiger partial charge in [-0.1, -0.05) is 17.8 Å². The van der Waals surface area contributed by atoms with Gasteiger partial charge in [-0.3, -0.25) is 10.3 Å². The number of nitriles is 1. The first-order valence-corrected chi connectivity index (χ1v) is 9.97. The molecule has 2 rings (SSSR count). The van der Waals surface area contributed by atoms with Gasteiger partial charge >= 0.3 is 0 Å². The minimum atomic E-state index is 0.662. The Hall–Kier alpha value is -1.62. The molecule has 0 saturated carbocycles. The van der Waals surface area contributed by atoms with Crippen LogP contribution in [0.3, 0.4) is 0 Å². The zero-order valence-corrected chi connectivity index (χ0v) is 15.8. The van der Waals surface area contributed by atoms with Crippen molar-refractivity contribution in [3.63, 3.8) is 0 Å². The summed E-state index contributed by atoms with van der Waals surface area (Å²) in [7, 11) is 4.14. The van der Waals surface area contributed by atoms with Gasteiger partial charge < -0.3 is 9.32 Å². The maximum Gasteiger partial charge on any atom is 0.183 e. The van der Waals surface area contributed by atoms with Crippen LogP contribution >= 0.6 is 23.5 Å². The van der Waals surface area contributed by atoms with Crippen LogP contribution in [-0.4, -0.2) is 42.7 Å². The third kappa shape index (κ3) is 5.78. The van der Waals surface area contributed by atoms with Crippen LogP contribution in [0.1, 0.15) is 11.3 Å². The molecule has 7 heteroatoms. The van der Waals surface area contributed by atoms with Gasteiger partial charge in [0.25, 0.3) is 0 Å². The first kappa shape index (κ1) is 18.7. The highest BCUT2D eigenvalue weighted by atomic mass is 32.2. The number of benzene rings is 1. The van der Waals surface area contributed by atoms with E-state index < -0.39 is 0 Å². The van der Waals surface area contributed by atoms with Gasteiger partial charge in [0, 0.05) is 17.7 Å². The Balaban J connectivity index is 1.86. The lowest BCUT2D eigenvalue weighted by molar-refractivity contribution is 0.402. The first-order valence-electron chi connectivity index (χ1n) is 7.59. The van der Waals surface area contributed by atoms with Crippen molar-refractivity contribution in [2.24, 2.45) is 4.99 Å². The number of hydrogen-bond acceptors (Lipinski definition) is 6. The third-order valence-electron chi connectivity index (χ3n) is 3.22. The lowest BCUT2D eigenvalue weighted by Gasteiger charge is -2.08. The second-order valence-electron chi connectivity index (χ2n) is 5.50. The number of amidine groups is 1. The molecule has 2 aromatic rings. The van der Waals surface area contributed by atoms with Gasteiger partial charge in [-0.25, -0.2) is 0 Å². The van der Waals surface area contributed by atoms with E-state index in [1.807, 2.05) is 18.5 Å². The molecule has 0 saturated heterocycles. The highest BCUT2D eigenvalue weighted by molar-refractivity contribution is 8.13. The summed E-state index contributed by atoms with van der Waals surface area (Å²) in [4.78, 5) is 6.49. The molecule has 0 fully saturated rings. The van der Waals surface area contributed by atoms with Crippen molar-refractivity contribution in [2.45, 2.75) is 12.3 Å². The van der Waals surface area contributed by atoms with Crippen LogP contribution in [0.25, 0.3) is 11.0 Å². The quantitative estimate of drug-likeness (QED) is 0.267. The lowest BCUT2D eigenvalue weighted by Crippen LogP contribution is -2.13. The zero-order chi connectivity index (χ0) is 17.4. The highest BCUT2D eigenvalue weighted by Crippen LogP contribution is 2.24. The van der Waals surface area contributed by atoms with Crippen LogP contribution in [0.5, 0.6) is 0 Å². The van der Waals surface area contributed by atoms with Gasteiger partial charge in [0.05, 0.1) is 12.3 Å². The fourth-order valence-electron chi connectivity index (χ4n) is 2.27. The normalized spacial score (nSPS) is 11.9. The topological polar surface area (TPSA) is 64.6 Å². The molecule has 128 valence electrons. The smallest absolute Gasteiger partial charge is 0.183 e. The number of nitrogens with one attached hydrogen (secondary N) is 1. The molecule has 0 unspecified atom stereocenters. The van der Waals surface area contributed by atoms with E-state index >= 15 is 0 Å². The number of nitrogens with zero attached hydrogens (tertiary/aromatic N) is 3. The molecule has 0 aliphatic rings. The maximum absolute atomic E-state index is 8.58. The van der Waals surface area contributed by atoms with E-state index in [1.54, 1.807) is 11.8 Å². The van der Waals surface area contributed by atoms with Crippen molar-refractivity contribution in [1.82, 2.24) is 10.2 Å². The molecule has 1 aromatic heterocycles. The van der Waals surface area contributed by atoms with Crippen LogP contribution in [0.4, 0.5) is 0 Å². The molecule has 0 aliphatic heterocycles. The molecule has 0 atom stereocenters. The Morgan fingerprint density at radius 1 is 1.38 bits per heavy atom. The summed E-state index contributed by atoms with van der Waals surface area (Å²) >= 11 is 3.22. The van der Waals surface area contributed by atoms with Crippen molar-refractivity contribution in [2.75, 3.05) is 32.6 Å². The Morgan fingerprint density at radius 3 is 2.92 bits per heavy atom. The molecule has 1 heterocycles. The van der Waals surface area contributed by atoms with Crippen LogP contribution < -0.4 is 5.32 Å². The van der Waals surface area contributed by atoms with E-state index in [1.165, 1.54) is 17.3 Å². The minimum Gasteiger partial charge on any atom is -0.460 e. The summed E-state index contributed by atoms with van der Waals surface area (Å²) in [6.07, 6.45) is 3.79. The van der Waals surface area contributed by atoms with Crippen LogP contribution in [0.15, 0.2) is 33.7 Å². The Bertz CT molecular complexity index is 734. The minimum absolute atomic E-state index is 0.662. The van der Waals surface area contributed by atoms with Crippen molar-refractivity contribution in [3.05, 3.63) is 35.6 Å². The second kappa shape index (κ2) is 9.62. The van der Waals surface area contributed by atoms with E-state index in [9.17, 15) is 0 Å². The van der Waals surface area contributed by atoms with Crippen molar-refractivity contribution in [3.8, 4) is 6.19 Å². The molecule has 0 radical (unpaired) electrons. The van der Waals surface area contributed by atoms with E-state index in [4.69, 9.17) is 9.68 Å². The predicted octanol–water partition coefficient (Wildman–Crippen LogP) is 3.52. The van der Waals surface area contributed by atoms with Crippen LogP contribution in [-0.2, 0) is 12.3 Å².